The van der Waals surface area contributed by atoms with Gasteiger partial charge in [-0.3, -0.25) is 9.78 Å². The minimum Gasteiger partial charge on any atom is -0.377 e. The van der Waals surface area contributed by atoms with Crippen LogP contribution in [0.3, 0.4) is 0 Å². The maximum atomic E-state index is 12.6. The zero-order valence-corrected chi connectivity index (χ0v) is 21.3. The number of pyridine rings is 1. The number of aliphatic hydroxyl groups is 1. The van der Waals surface area contributed by atoms with Gasteiger partial charge in [-0.2, -0.15) is 4.98 Å². The van der Waals surface area contributed by atoms with Crippen LogP contribution >= 0.6 is 0 Å². The summed E-state index contributed by atoms with van der Waals surface area (Å²) in [6.45, 7) is 10.6. The highest BCUT2D eigenvalue weighted by Crippen LogP contribution is 2.29. The lowest BCUT2D eigenvalue weighted by Crippen LogP contribution is -2.47. The van der Waals surface area contributed by atoms with Crippen LogP contribution in [0.5, 0.6) is 0 Å². The van der Waals surface area contributed by atoms with Crippen molar-refractivity contribution in [2.45, 2.75) is 45.9 Å². The van der Waals surface area contributed by atoms with Crippen molar-refractivity contribution in [3.05, 3.63) is 65.5 Å². The molecule has 1 aliphatic rings. The summed E-state index contributed by atoms with van der Waals surface area (Å²) in [5, 5.41) is 16.9. The van der Waals surface area contributed by atoms with Gasteiger partial charge in [0.2, 0.25) is 5.95 Å². The minimum absolute atomic E-state index is 0.211. The summed E-state index contributed by atoms with van der Waals surface area (Å²) >= 11 is 0. The van der Waals surface area contributed by atoms with E-state index in [-0.39, 0.29) is 18.4 Å². The quantitative estimate of drug-likeness (QED) is 0.413. The Morgan fingerprint density at radius 3 is 2.72 bits per heavy atom. The Morgan fingerprint density at radius 1 is 1.22 bits per heavy atom. The number of aromatic nitrogens is 3. The average molecular weight is 491 g/mol. The molecule has 190 valence electrons. The molecule has 9 nitrogen and oxygen atoms in total. The molecule has 3 heterocycles. The Balaban J connectivity index is 1.62. The zero-order chi connectivity index (χ0) is 25.7. The first-order chi connectivity index (χ1) is 17.3. The monoisotopic (exact) mass is 490 g/mol. The number of morpholine rings is 1. The number of carbonyl (C=O) groups excluding carboxylic acids is 1. The highest BCUT2D eigenvalue weighted by atomic mass is 16.5. The third-order valence-corrected chi connectivity index (χ3v) is 6.16. The molecule has 0 aliphatic carbocycles. The summed E-state index contributed by atoms with van der Waals surface area (Å²) in [5.41, 5.74) is 2.68. The second kappa shape index (κ2) is 11.0. The Morgan fingerprint density at radius 2 is 2.00 bits per heavy atom. The van der Waals surface area contributed by atoms with Gasteiger partial charge in [-0.25, -0.2) is 4.98 Å². The maximum absolute atomic E-state index is 12.6. The normalized spacial score (nSPS) is 17.4. The van der Waals surface area contributed by atoms with E-state index in [0.29, 0.717) is 31.3 Å². The fourth-order valence-electron chi connectivity index (χ4n) is 4.34. The number of hydrogen-bond donors (Lipinski definition) is 3. The SMILES string of the molecule is CCNc1nc(-c2cc(C[C@](C)(O)NC(=O)c3ccncc3)ccc2C)cc(N2CCOC[C@@H]2C)n1. The predicted molar refractivity (Wildman–Crippen MR) is 140 cm³/mol. The number of nitrogens with one attached hydrogen (secondary N) is 2. The topological polar surface area (TPSA) is 112 Å². The first kappa shape index (κ1) is 25.5. The molecule has 1 aromatic carbocycles. The minimum atomic E-state index is -1.44. The van der Waals surface area contributed by atoms with Crippen LogP contribution < -0.4 is 15.5 Å². The highest BCUT2D eigenvalue weighted by molar-refractivity contribution is 5.94. The van der Waals surface area contributed by atoms with Gasteiger partial charge in [-0.15, -0.1) is 0 Å². The molecule has 1 aliphatic heterocycles. The Labute approximate surface area is 212 Å². The van der Waals surface area contributed by atoms with Gasteiger partial charge in [0.25, 0.3) is 5.91 Å². The lowest BCUT2D eigenvalue weighted by molar-refractivity contribution is 0.0234. The molecule has 9 heteroatoms. The molecule has 3 N–H and O–H groups in total. The van der Waals surface area contributed by atoms with E-state index in [9.17, 15) is 9.90 Å². The van der Waals surface area contributed by atoms with Crippen LogP contribution in [0, 0.1) is 6.92 Å². The van der Waals surface area contributed by atoms with Crippen LogP contribution in [0.25, 0.3) is 11.3 Å². The molecule has 0 spiro atoms. The number of hydrogen-bond acceptors (Lipinski definition) is 8. The van der Waals surface area contributed by atoms with Gasteiger partial charge < -0.3 is 25.4 Å². The van der Waals surface area contributed by atoms with Crippen molar-refractivity contribution in [2.75, 3.05) is 36.5 Å². The van der Waals surface area contributed by atoms with E-state index in [0.717, 1.165) is 34.7 Å². The standard InChI is InChI=1S/C27H34N6O3/c1-5-29-26-30-23(15-24(31-26)33-12-13-36-17-19(33)3)22-14-20(7-6-18(22)2)16-27(4,35)32-25(34)21-8-10-28-11-9-21/h6-11,14-15,19,35H,5,12-13,16-17H2,1-4H3,(H,32,34)(H,29,30,31)/t19-,27-/m0/s1. The van der Waals surface area contributed by atoms with Crippen molar-refractivity contribution in [3.8, 4) is 11.3 Å². The largest absolute Gasteiger partial charge is 0.377 e. The van der Waals surface area contributed by atoms with Crippen LogP contribution in [-0.4, -0.2) is 64.0 Å². The molecule has 0 saturated carbocycles. The van der Waals surface area contributed by atoms with Gasteiger partial charge >= 0.3 is 0 Å². The number of nitrogens with zero attached hydrogens (tertiary/aromatic N) is 4. The molecule has 3 aromatic rings. The highest BCUT2D eigenvalue weighted by Gasteiger charge is 2.25. The molecular formula is C27H34N6O3. The number of benzene rings is 1. The van der Waals surface area contributed by atoms with Crippen molar-refractivity contribution < 1.29 is 14.6 Å². The number of amides is 1. The van der Waals surface area contributed by atoms with Crippen molar-refractivity contribution in [2.24, 2.45) is 0 Å². The average Bonchev–Trinajstić information content (AvgIpc) is 2.85. The lowest BCUT2D eigenvalue weighted by Gasteiger charge is -2.34. The van der Waals surface area contributed by atoms with Crippen LogP contribution in [-0.2, 0) is 11.2 Å². The molecular weight excluding hydrogens is 456 g/mol. The fourth-order valence-corrected chi connectivity index (χ4v) is 4.34. The third-order valence-electron chi connectivity index (χ3n) is 6.16. The van der Waals surface area contributed by atoms with E-state index in [1.54, 1.807) is 31.5 Å². The predicted octanol–water partition coefficient (Wildman–Crippen LogP) is 3.18. The van der Waals surface area contributed by atoms with E-state index >= 15 is 0 Å². The fraction of sp³-hybridized carbons (Fsp3) is 0.407. The molecule has 1 saturated heterocycles. The summed E-state index contributed by atoms with van der Waals surface area (Å²) in [4.78, 5) is 28.3. The Kier molecular flexibility index (Phi) is 7.81. The van der Waals surface area contributed by atoms with E-state index < -0.39 is 5.72 Å². The summed E-state index contributed by atoms with van der Waals surface area (Å²) in [5.74, 6) is 1.07. The van der Waals surface area contributed by atoms with Gasteiger partial charge in [0, 0.05) is 49.1 Å². The van der Waals surface area contributed by atoms with Crippen molar-refractivity contribution in [1.29, 1.82) is 0 Å². The maximum Gasteiger partial charge on any atom is 0.253 e. The Hall–Kier alpha value is -3.56. The van der Waals surface area contributed by atoms with Gasteiger partial charge in [0.05, 0.1) is 24.9 Å². The first-order valence-corrected chi connectivity index (χ1v) is 12.3. The second-order valence-electron chi connectivity index (χ2n) is 9.37. The van der Waals surface area contributed by atoms with Gasteiger partial charge in [0.15, 0.2) is 0 Å². The summed E-state index contributed by atoms with van der Waals surface area (Å²) in [6.07, 6.45) is 3.33. The van der Waals surface area contributed by atoms with Crippen LogP contribution in [0.1, 0.15) is 42.3 Å². The number of ether oxygens (including phenoxy) is 1. The van der Waals surface area contributed by atoms with E-state index in [1.807, 2.05) is 38.1 Å². The van der Waals surface area contributed by atoms with Gasteiger partial charge in [0.1, 0.15) is 11.5 Å². The van der Waals surface area contributed by atoms with Gasteiger partial charge in [-0.05, 0) is 57.0 Å². The van der Waals surface area contributed by atoms with Crippen LogP contribution in [0.2, 0.25) is 0 Å². The van der Waals surface area contributed by atoms with E-state index in [4.69, 9.17) is 14.7 Å². The molecule has 2 aromatic heterocycles. The number of aryl methyl sites for hydroxylation is 1. The van der Waals surface area contributed by atoms with Gasteiger partial charge in [-0.1, -0.05) is 12.1 Å². The number of rotatable bonds is 8. The molecule has 0 unspecified atom stereocenters. The molecule has 0 radical (unpaired) electrons. The molecule has 0 bridgehead atoms. The molecule has 1 fully saturated rings. The molecule has 4 rings (SSSR count). The summed E-state index contributed by atoms with van der Waals surface area (Å²) < 4.78 is 5.61. The third kappa shape index (κ3) is 6.16. The summed E-state index contributed by atoms with van der Waals surface area (Å²) in [6, 6.07) is 11.4. The molecule has 1 amide bonds. The summed E-state index contributed by atoms with van der Waals surface area (Å²) in [7, 11) is 0. The van der Waals surface area contributed by atoms with E-state index in [2.05, 4.69) is 27.4 Å². The first-order valence-electron chi connectivity index (χ1n) is 12.3. The lowest BCUT2D eigenvalue weighted by atomic mass is 9.97. The number of anilines is 2. The van der Waals surface area contributed by atoms with E-state index in [1.165, 1.54) is 0 Å². The Bertz CT molecular complexity index is 1200. The van der Waals surface area contributed by atoms with Crippen LogP contribution in [0.15, 0.2) is 48.8 Å². The van der Waals surface area contributed by atoms with Crippen molar-refractivity contribution >= 4 is 17.7 Å². The second-order valence-corrected chi connectivity index (χ2v) is 9.37. The van der Waals surface area contributed by atoms with Crippen LogP contribution in [0.4, 0.5) is 11.8 Å². The smallest absolute Gasteiger partial charge is 0.253 e. The molecule has 36 heavy (non-hydrogen) atoms. The van der Waals surface area contributed by atoms with Crippen molar-refractivity contribution in [3.63, 3.8) is 0 Å². The molecule has 2 atom stereocenters. The van der Waals surface area contributed by atoms with Crippen molar-refractivity contribution in [1.82, 2.24) is 20.3 Å². The number of carbonyl (C=O) groups is 1. The zero-order valence-electron chi connectivity index (χ0n) is 21.3.